The van der Waals surface area contributed by atoms with Gasteiger partial charge in [-0.25, -0.2) is 0 Å². The maximum Gasteiger partial charge on any atom is 0.269 e. The van der Waals surface area contributed by atoms with Gasteiger partial charge in [-0.15, -0.1) is 11.3 Å². The number of nitro groups is 1. The number of hydrogen-bond donors (Lipinski definition) is 2. The van der Waals surface area contributed by atoms with E-state index in [4.69, 9.17) is 5.11 Å². The quantitative estimate of drug-likeness (QED) is 0.483. The molecule has 0 atom stereocenters. The summed E-state index contributed by atoms with van der Waals surface area (Å²) in [6.45, 7) is 1.42. The molecule has 2 N–H and O–H groups in total. The maximum atomic E-state index is 10.6. The van der Waals surface area contributed by atoms with E-state index in [-0.39, 0.29) is 12.3 Å². The van der Waals surface area contributed by atoms with Gasteiger partial charge in [0.1, 0.15) is 0 Å². The zero-order chi connectivity index (χ0) is 13.7. The van der Waals surface area contributed by atoms with Crippen molar-refractivity contribution in [3.8, 4) is 10.4 Å². The average molecular weight is 278 g/mol. The van der Waals surface area contributed by atoms with E-state index in [1.807, 2.05) is 12.1 Å². The van der Waals surface area contributed by atoms with Gasteiger partial charge < -0.3 is 10.4 Å². The first-order valence-electron chi connectivity index (χ1n) is 5.86. The lowest BCUT2D eigenvalue weighted by Gasteiger charge is -1.99. The second-order valence-electron chi connectivity index (χ2n) is 3.97. The molecule has 0 unspecified atom stereocenters. The molecule has 1 aromatic carbocycles. The van der Waals surface area contributed by atoms with Crippen LogP contribution < -0.4 is 5.32 Å². The molecule has 0 aliphatic heterocycles. The lowest BCUT2D eigenvalue weighted by molar-refractivity contribution is -0.384. The topological polar surface area (TPSA) is 75.4 Å². The van der Waals surface area contributed by atoms with Crippen molar-refractivity contribution in [2.75, 3.05) is 13.2 Å². The van der Waals surface area contributed by atoms with Crippen LogP contribution in [0.3, 0.4) is 0 Å². The highest BCUT2D eigenvalue weighted by Crippen LogP contribution is 2.29. The molecule has 2 rings (SSSR count). The molecular formula is C13H14N2O3S. The zero-order valence-electron chi connectivity index (χ0n) is 10.2. The van der Waals surface area contributed by atoms with Crippen molar-refractivity contribution in [1.82, 2.24) is 5.32 Å². The molecule has 0 fully saturated rings. The summed E-state index contributed by atoms with van der Waals surface area (Å²) in [5, 5.41) is 22.4. The van der Waals surface area contributed by atoms with Gasteiger partial charge in [-0.05, 0) is 29.8 Å². The van der Waals surface area contributed by atoms with Crippen LogP contribution in [0, 0.1) is 10.1 Å². The van der Waals surface area contributed by atoms with E-state index < -0.39 is 4.92 Å². The first kappa shape index (κ1) is 13.7. The van der Waals surface area contributed by atoms with Gasteiger partial charge in [0.15, 0.2) is 0 Å². The third-order valence-corrected chi connectivity index (χ3v) is 3.75. The third kappa shape index (κ3) is 3.60. The first-order chi connectivity index (χ1) is 9.20. The van der Waals surface area contributed by atoms with Gasteiger partial charge in [-0.3, -0.25) is 10.1 Å². The van der Waals surface area contributed by atoms with Crippen molar-refractivity contribution in [3.63, 3.8) is 0 Å². The Balaban J connectivity index is 2.07. The van der Waals surface area contributed by atoms with E-state index in [1.54, 1.807) is 23.5 Å². The highest BCUT2D eigenvalue weighted by molar-refractivity contribution is 7.15. The second-order valence-corrected chi connectivity index (χ2v) is 5.14. The Morgan fingerprint density at radius 2 is 1.95 bits per heavy atom. The molecule has 1 aromatic heterocycles. The molecule has 6 heteroatoms. The number of nitro benzene ring substituents is 1. The third-order valence-electron chi connectivity index (χ3n) is 2.61. The van der Waals surface area contributed by atoms with E-state index in [0.717, 1.165) is 17.0 Å². The summed E-state index contributed by atoms with van der Waals surface area (Å²) in [7, 11) is 0. The number of nitrogens with zero attached hydrogens (tertiary/aromatic N) is 1. The predicted octanol–water partition coefficient (Wildman–Crippen LogP) is 2.41. The Bertz CT molecular complexity index is 551. The minimum atomic E-state index is -0.400. The number of rotatable bonds is 6. The molecule has 0 amide bonds. The van der Waals surface area contributed by atoms with Crippen molar-refractivity contribution >= 4 is 17.0 Å². The highest BCUT2D eigenvalue weighted by atomic mass is 32.1. The number of non-ortho nitro benzene ring substituents is 1. The summed E-state index contributed by atoms with van der Waals surface area (Å²) >= 11 is 1.64. The normalized spacial score (nSPS) is 10.6. The lowest BCUT2D eigenvalue weighted by atomic mass is 10.2. The fourth-order valence-corrected chi connectivity index (χ4v) is 2.65. The standard InChI is InChI=1S/C13H14N2O3S/c16-8-7-14-9-12-5-6-13(19-12)10-1-3-11(4-2-10)15(17)18/h1-6,14,16H,7-9H2. The molecular weight excluding hydrogens is 264 g/mol. The number of benzene rings is 1. The van der Waals surface area contributed by atoms with Gasteiger partial charge in [-0.2, -0.15) is 0 Å². The van der Waals surface area contributed by atoms with Crippen LogP contribution in [-0.4, -0.2) is 23.2 Å². The summed E-state index contributed by atoms with van der Waals surface area (Å²) in [5.74, 6) is 0. The Hall–Kier alpha value is -1.76. The van der Waals surface area contributed by atoms with Gasteiger partial charge >= 0.3 is 0 Å². The molecule has 0 aliphatic rings. The van der Waals surface area contributed by atoms with Gasteiger partial charge in [0, 0.05) is 35.0 Å². The summed E-state index contributed by atoms with van der Waals surface area (Å²) in [5.41, 5.74) is 1.08. The molecule has 2 aromatic rings. The van der Waals surface area contributed by atoms with E-state index in [9.17, 15) is 10.1 Å². The minimum absolute atomic E-state index is 0.102. The number of aliphatic hydroxyl groups is 1. The Morgan fingerprint density at radius 3 is 2.58 bits per heavy atom. The smallest absolute Gasteiger partial charge is 0.269 e. The minimum Gasteiger partial charge on any atom is -0.395 e. The van der Waals surface area contributed by atoms with Crippen molar-refractivity contribution in [3.05, 3.63) is 51.4 Å². The van der Waals surface area contributed by atoms with Gasteiger partial charge in [0.2, 0.25) is 0 Å². The summed E-state index contributed by atoms with van der Waals surface area (Å²) < 4.78 is 0. The lowest BCUT2D eigenvalue weighted by Crippen LogP contribution is -2.16. The van der Waals surface area contributed by atoms with Crippen LogP contribution in [0.4, 0.5) is 5.69 Å². The monoisotopic (exact) mass is 278 g/mol. The molecule has 0 bridgehead atoms. The van der Waals surface area contributed by atoms with Crippen LogP contribution in [0.1, 0.15) is 4.88 Å². The molecule has 1 heterocycles. The predicted molar refractivity (Wildman–Crippen MR) is 75.2 cm³/mol. The molecule has 0 radical (unpaired) electrons. The van der Waals surface area contributed by atoms with Crippen molar-refractivity contribution in [2.24, 2.45) is 0 Å². The highest BCUT2D eigenvalue weighted by Gasteiger charge is 2.07. The van der Waals surface area contributed by atoms with E-state index >= 15 is 0 Å². The Kier molecular flexibility index (Phi) is 4.62. The molecule has 19 heavy (non-hydrogen) atoms. The average Bonchev–Trinajstić information content (AvgIpc) is 2.88. The maximum absolute atomic E-state index is 10.6. The van der Waals surface area contributed by atoms with Crippen LogP contribution >= 0.6 is 11.3 Å². The van der Waals surface area contributed by atoms with E-state index in [2.05, 4.69) is 5.32 Å². The first-order valence-corrected chi connectivity index (χ1v) is 6.67. The number of thiophene rings is 1. The van der Waals surface area contributed by atoms with Gasteiger partial charge in [-0.1, -0.05) is 0 Å². The van der Waals surface area contributed by atoms with Crippen molar-refractivity contribution in [2.45, 2.75) is 6.54 Å². The number of nitrogens with one attached hydrogen (secondary N) is 1. The van der Waals surface area contributed by atoms with Crippen LogP contribution in [0.2, 0.25) is 0 Å². The van der Waals surface area contributed by atoms with Crippen LogP contribution in [-0.2, 0) is 6.54 Å². The Labute approximate surface area is 114 Å². The van der Waals surface area contributed by atoms with Crippen molar-refractivity contribution in [1.29, 1.82) is 0 Å². The largest absolute Gasteiger partial charge is 0.395 e. The molecule has 0 aliphatic carbocycles. The summed E-state index contributed by atoms with van der Waals surface area (Å²) in [6, 6.07) is 10.6. The zero-order valence-corrected chi connectivity index (χ0v) is 11.0. The van der Waals surface area contributed by atoms with Crippen LogP contribution in [0.5, 0.6) is 0 Å². The fraction of sp³-hybridized carbons (Fsp3) is 0.231. The van der Waals surface area contributed by atoms with Gasteiger partial charge in [0.05, 0.1) is 11.5 Å². The molecule has 100 valence electrons. The van der Waals surface area contributed by atoms with E-state index in [0.29, 0.717) is 6.54 Å². The van der Waals surface area contributed by atoms with Crippen LogP contribution in [0.15, 0.2) is 36.4 Å². The SMILES string of the molecule is O=[N+]([O-])c1ccc(-c2ccc(CNCCO)s2)cc1. The number of aliphatic hydroxyl groups excluding tert-OH is 1. The summed E-state index contributed by atoms with van der Waals surface area (Å²) in [6.07, 6.45) is 0. The Morgan fingerprint density at radius 1 is 1.21 bits per heavy atom. The van der Waals surface area contributed by atoms with E-state index in [1.165, 1.54) is 17.0 Å². The van der Waals surface area contributed by atoms with Crippen molar-refractivity contribution < 1.29 is 10.0 Å². The number of hydrogen-bond acceptors (Lipinski definition) is 5. The second kappa shape index (κ2) is 6.42. The summed E-state index contributed by atoms with van der Waals surface area (Å²) in [4.78, 5) is 12.4. The molecule has 5 nitrogen and oxygen atoms in total. The molecule has 0 spiro atoms. The molecule has 0 saturated carbocycles. The van der Waals surface area contributed by atoms with Crippen LogP contribution in [0.25, 0.3) is 10.4 Å². The molecule has 0 saturated heterocycles. The fourth-order valence-electron chi connectivity index (χ4n) is 1.67. The van der Waals surface area contributed by atoms with Gasteiger partial charge in [0.25, 0.3) is 5.69 Å².